The number of aryl methyl sites for hydroxylation is 2. The molecular weight excluding hydrogens is 323 g/mol. The number of carbonyl (C=O) groups excluding carboxylic acids is 1. The standard InChI is InChI=1S/C13H17N4O5P/c1-7-3-4-10(22-6-23(19,20)21)11-8(7)5-9(17(11)2)12(18)16-13(14)15/h3-5H,6H2,1-2H3,(H2,19,20,21)(H4,14,15,16,18). The van der Waals surface area contributed by atoms with Gasteiger partial charge in [0, 0.05) is 12.4 Å². The van der Waals surface area contributed by atoms with Crippen molar-refractivity contribution in [2.24, 2.45) is 23.5 Å². The molecule has 0 aliphatic carbocycles. The van der Waals surface area contributed by atoms with Crippen LogP contribution >= 0.6 is 7.60 Å². The van der Waals surface area contributed by atoms with Crippen molar-refractivity contribution in [2.45, 2.75) is 6.92 Å². The summed E-state index contributed by atoms with van der Waals surface area (Å²) in [4.78, 5) is 33.4. The highest BCUT2D eigenvalue weighted by molar-refractivity contribution is 7.51. The molecule has 0 unspecified atom stereocenters. The van der Waals surface area contributed by atoms with Crippen LogP contribution in [0.3, 0.4) is 0 Å². The van der Waals surface area contributed by atoms with Crippen LogP contribution in [0.2, 0.25) is 0 Å². The number of aliphatic imine (C=N–C) groups is 1. The van der Waals surface area contributed by atoms with Gasteiger partial charge in [0.1, 0.15) is 11.4 Å². The average Bonchev–Trinajstić information content (AvgIpc) is 2.76. The number of hydrogen-bond donors (Lipinski definition) is 4. The Morgan fingerprint density at radius 2 is 2.04 bits per heavy atom. The summed E-state index contributed by atoms with van der Waals surface area (Å²) in [5.41, 5.74) is 12.0. The molecular formula is C13H17N4O5P. The Hall–Kier alpha value is -2.35. The van der Waals surface area contributed by atoms with Crippen LogP contribution in [0.15, 0.2) is 23.2 Å². The lowest BCUT2D eigenvalue weighted by molar-refractivity contribution is 0.0995. The highest BCUT2D eigenvalue weighted by Crippen LogP contribution is 2.37. The van der Waals surface area contributed by atoms with Crippen LogP contribution in [-0.4, -0.2) is 32.6 Å². The third kappa shape index (κ3) is 3.70. The van der Waals surface area contributed by atoms with E-state index in [1.807, 2.05) is 6.92 Å². The van der Waals surface area contributed by atoms with Gasteiger partial charge in [-0.05, 0) is 24.6 Å². The zero-order valence-electron chi connectivity index (χ0n) is 12.6. The number of fused-ring (bicyclic) bond motifs is 1. The van der Waals surface area contributed by atoms with Crippen molar-refractivity contribution in [1.82, 2.24) is 4.57 Å². The molecule has 6 N–H and O–H groups in total. The van der Waals surface area contributed by atoms with E-state index < -0.39 is 19.9 Å². The molecule has 1 heterocycles. The predicted molar refractivity (Wildman–Crippen MR) is 85.3 cm³/mol. The van der Waals surface area contributed by atoms with Crippen LogP contribution in [0.1, 0.15) is 16.1 Å². The zero-order valence-corrected chi connectivity index (χ0v) is 13.4. The molecule has 0 saturated carbocycles. The largest absolute Gasteiger partial charge is 0.479 e. The second-order valence-electron chi connectivity index (χ2n) is 5.01. The van der Waals surface area contributed by atoms with Crippen LogP contribution in [-0.2, 0) is 11.6 Å². The SMILES string of the molecule is Cc1ccc(OCP(=O)(O)O)c2c1cc(C(=O)N=C(N)N)n2C. The van der Waals surface area contributed by atoms with Crippen LogP contribution in [0.4, 0.5) is 0 Å². The Balaban J connectivity index is 2.58. The smallest absolute Gasteiger partial charge is 0.362 e. The van der Waals surface area contributed by atoms with E-state index in [9.17, 15) is 9.36 Å². The number of ether oxygens (including phenoxy) is 1. The fraction of sp³-hybridized carbons (Fsp3) is 0.231. The maximum Gasteiger partial charge on any atom is 0.362 e. The average molecular weight is 340 g/mol. The van der Waals surface area contributed by atoms with Gasteiger partial charge >= 0.3 is 7.60 Å². The second-order valence-corrected chi connectivity index (χ2v) is 6.60. The highest BCUT2D eigenvalue weighted by atomic mass is 31.2. The minimum Gasteiger partial charge on any atom is -0.479 e. The number of carbonyl (C=O) groups is 1. The van der Waals surface area contributed by atoms with E-state index in [0.717, 1.165) is 5.56 Å². The van der Waals surface area contributed by atoms with Gasteiger partial charge in [-0.1, -0.05) is 6.07 Å². The molecule has 23 heavy (non-hydrogen) atoms. The number of amides is 1. The van der Waals surface area contributed by atoms with Gasteiger partial charge in [0.2, 0.25) is 0 Å². The Morgan fingerprint density at radius 3 is 2.61 bits per heavy atom. The summed E-state index contributed by atoms with van der Waals surface area (Å²) in [6.07, 6.45) is -0.756. The summed E-state index contributed by atoms with van der Waals surface area (Å²) < 4.78 is 17.7. The first-order valence-electron chi connectivity index (χ1n) is 6.50. The van der Waals surface area contributed by atoms with Gasteiger partial charge in [-0.2, -0.15) is 4.99 Å². The summed E-state index contributed by atoms with van der Waals surface area (Å²) in [5.74, 6) is -0.723. The number of aromatic nitrogens is 1. The fourth-order valence-electron chi connectivity index (χ4n) is 2.22. The van der Waals surface area contributed by atoms with Crippen molar-refractivity contribution in [3.8, 4) is 5.75 Å². The maximum absolute atomic E-state index is 12.1. The Bertz CT molecular complexity index is 848. The minimum absolute atomic E-state index is 0.226. The van der Waals surface area contributed by atoms with Crippen molar-refractivity contribution >= 4 is 30.4 Å². The molecule has 2 rings (SSSR count). The monoisotopic (exact) mass is 340 g/mol. The molecule has 9 nitrogen and oxygen atoms in total. The van der Waals surface area contributed by atoms with Crippen molar-refractivity contribution in [3.05, 3.63) is 29.5 Å². The van der Waals surface area contributed by atoms with Gasteiger partial charge in [0.05, 0.1) is 5.52 Å². The van der Waals surface area contributed by atoms with Gasteiger partial charge in [0.15, 0.2) is 12.3 Å². The number of nitrogens with zero attached hydrogens (tertiary/aromatic N) is 2. The molecule has 0 fully saturated rings. The van der Waals surface area contributed by atoms with Crippen molar-refractivity contribution in [1.29, 1.82) is 0 Å². The van der Waals surface area contributed by atoms with E-state index >= 15 is 0 Å². The molecule has 1 aromatic carbocycles. The van der Waals surface area contributed by atoms with E-state index in [4.69, 9.17) is 26.0 Å². The molecule has 0 bridgehead atoms. The molecule has 0 saturated heterocycles. The predicted octanol–water partition coefficient (Wildman–Crippen LogP) is 0.414. The number of rotatable bonds is 4. The number of nitrogens with two attached hydrogens (primary N) is 2. The van der Waals surface area contributed by atoms with Gasteiger partial charge in [-0.3, -0.25) is 9.36 Å². The van der Waals surface area contributed by atoms with Gasteiger partial charge in [0.25, 0.3) is 5.91 Å². The minimum atomic E-state index is -4.32. The van der Waals surface area contributed by atoms with Crippen LogP contribution in [0.25, 0.3) is 10.9 Å². The maximum atomic E-state index is 12.1. The zero-order chi connectivity index (χ0) is 17.4. The third-order valence-corrected chi connectivity index (χ3v) is 3.68. The van der Waals surface area contributed by atoms with Gasteiger partial charge < -0.3 is 30.6 Å². The van der Waals surface area contributed by atoms with Crippen molar-refractivity contribution in [2.75, 3.05) is 6.35 Å². The molecule has 0 radical (unpaired) electrons. The van der Waals surface area contributed by atoms with E-state index in [1.54, 1.807) is 25.2 Å². The Kier molecular flexibility index (Phi) is 4.46. The first kappa shape index (κ1) is 17.0. The Morgan fingerprint density at radius 1 is 1.39 bits per heavy atom. The van der Waals surface area contributed by atoms with E-state index in [1.165, 1.54) is 4.57 Å². The van der Waals surface area contributed by atoms with Crippen molar-refractivity contribution < 1.29 is 23.9 Å². The highest BCUT2D eigenvalue weighted by Gasteiger charge is 2.20. The quantitative estimate of drug-likeness (QED) is 0.357. The van der Waals surface area contributed by atoms with Crippen LogP contribution < -0.4 is 16.2 Å². The molecule has 1 amide bonds. The molecule has 0 spiro atoms. The van der Waals surface area contributed by atoms with E-state index in [0.29, 0.717) is 10.9 Å². The molecule has 10 heteroatoms. The summed E-state index contributed by atoms with van der Waals surface area (Å²) in [6, 6.07) is 4.91. The molecule has 0 aliphatic rings. The lowest BCUT2D eigenvalue weighted by Gasteiger charge is -2.11. The van der Waals surface area contributed by atoms with Crippen LogP contribution in [0, 0.1) is 6.92 Å². The summed E-state index contributed by atoms with van der Waals surface area (Å²) in [7, 11) is -2.71. The van der Waals surface area contributed by atoms with Gasteiger partial charge in [-0.15, -0.1) is 0 Å². The number of hydrogen-bond acceptors (Lipinski definition) is 3. The molecule has 2 aromatic rings. The second kappa shape index (κ2) is 6.04. The van der Waals surface area contributed by atoms with Crippen molar-refractivity contribution in [3.63, 3.8) is 0 Å². The molecule has 0 atom stereocenters. The number of benzene rings is 1. The molecule has 1 aromatic heterocycles. The van der Waals surface area contributed by atoms with Crippen LogP contribution in [0.5, 0.6) is 5.75 Å². The fourth-order valence-corrected chi connectivity index (χ4v) is 2.53. The topological polar surface area (TPSA) is 153 Å². The summed E-state index contributed by atoms with van der Waals surface area (Å²) in [5, 5.41) is 0.699. The molecule has 124 valence electrons. The Labute approximate surface area is 131 Å². The summed E-state index contributed by atoms with van der Waals surface area (Å²) in [6.45, 7) is 1.84. The first-order chi connectivity index (χ1) is 10.6. The lowest BCUT2D eigenvalue weighted by Crippen LogP contribution is -2.24. The van der Waals surface area contributed by atoms with E-state index in [-0.39, 0.29) is 17.4 Å². The van der Waals surface area contributed by atoms with Gasteiger partial charge in [-0.25, -0.2) is 0 Å². The lowest BCUT2D eigenvalue weighted by atomic mass is 10.1. The van der Waals surface area contributed by atoms with E-state index in [2.05, 4.69) is 4.99 Å². The summed E-state index contributed by atoms with van der Waals surface area (Å²) >= 11 is 0. The first-order valence-corrected chi connectivity index (χ1v) is 8.30. The normalized spacial score (nSPS) is 11.5. The third-order valence-electron chi connectivity index (χ3n) is 3.21. The molecule has 0 aliphatic heterocycles. The number of guanidine groups is 1.